The van der Waals surface area contributed by atoms with E-state index in [2.05, 4.69) is 6.92 Å². The molecule has 1 N–H and O–H groups in total. The van der Waals surface area contributed by atoms with Crippen molar-refractivity contribution in [2.75, 3.05) is 0 Å². The van der Waals surface area contributed by atoms with Gasteiger partial charge < -0.3 is 9.84 Å². The maximum absolute atomic E-state index is 11.3. The van der Waals surface area contributed by atoms with Crippen LogP contribution in [0, 0.1) is 6.92 Å². The summed E-state index contributed by atoms with van der Waals surface area (Å²) in [5.74, 6) is 0.311. The van der Waals surface area contributed by atoms with Gasteiger partial charge in [0.2, 0.25) is 0 Å². The third-order valence-corrected chi connectivity index (χ3v) is 4.25. The Morgan fingerprint density at radius 2 is 1.88 bits per heavy atom. The second kappa shape index (κ2) is 8.68. The number of unbranched alkanes of at least 4 members (excludes halogenated alkanes) is 1. The van der Waals surface area contributed by atoms with Crippen LogP contribution >= 0.6 is 12.4 Å². The standard InChI is InChI=1S/C21H21NO3.ClH/c1-3-4-8-15-13-20(17-9-5-6-11-18(17)22-15)25-19-12-7-10-16(14(19)2)21(23)24;/h5-7,9-13H,3-4,8H2,1-2H3,(H,23,24);1H. The molecule has 3 aromatic rings. The minimum Gasteiger partial charge on any atom is -0.478 e. The number of aryl methyl sites for hydroxylation is 1. The average molecular weight is 372 g/mol. The van der Waals surface area contributed by atoms with E-state index in [4.69, 9.17) is 9.72 Å². The minimum atomic E-state index is -0.953. The summed E-state index contributed by atoms with van der Waals surface area (Å²) in [7, 11) is 0. The van der Waals surface area contributed by atoms with Crippen molar-refractivity contribution in [3.8, 4) is 11.5 Å². The SMILES string of the molecule is CCCCc1cc(Oc2cccc(C(=O)O)c2C)c2ccccc2n1.Cl. The molecule has 0 aliphatic rings. The van der Waals surface area contributed by atoms with Crippen molar-refractivity contribution in [2.45, 2.75) is 33.1 Å². The summed E-state index contributed by atoms with van der Waals surface area (Å²) in [6, 6.07) is 14.9. The van der Waals surface area contributed by atoms with Crippen molar-refractivity contribution in [3.05, 3.63) is 65.4 Å². The van der Waals surface area contributed by atoms with Crippen molar-refractivity contribution in [1.29, 1.82) is 0 Å². The Morgan fingerprint density at radius 3 is 2.62 bits per heavy atom. The summed E-state index contributed by atoms with van der Waals surface area (Å²) in [5.41, 5.74) is 2.74. The maximum atomic E-state index is 11.3. The zero-order valence-corrected chi connectivity index (χ0v) is 15.7. The first-order valence-electron chi connectivity index (χ1n) is 8.49. The maximum Gasteiger partial charge on any atom is 0.336 e. The van der Waals surface area contributed by atoms with Gasteiger partial charge >= 0.3 is 5.97 Å². The number of para-hydroxylation sites is 1. The molecule has 0 spiro atoms. The molecule has 0 saturated carbocycles. The fourth-order valence-corrected chi connectivity index (χ4v) is 2.84. The molecule has 0 aliphatic carbocycles. The number of aromatic carboxylic acids is 1. The molecule has 0 saturated heterocycles. The van der Waals surface area contributed by atoms with E-state index in [1.807, 2.05) is 30.3 Å². The number of ether oxygens (including phenoxy) is 1. The van der Waals surface area contributed by atoms with E-state index in [0.29, 0.717) is 17.1 Å². The van der Waals surface area contributed by atoms with Gasteiger partial charge in [0.15, 0.2) is 0 Å². The Kier molecular flexibility index (Phi) is 6.58. The van der Waals surface area contributed by atoms with Crippen molar-refractivity contribution < 1.29 is 14.6 Å². The van der Waals surface area contributed by atoms with Gasteiger partial charge in [-0.15, -0.1) is 12.4 Å². The number of carboxylic acid groups (broad SMARTS) is 1. The van der Waals surface area contributed by atoms with Crippen molar-refractivity contribution in [1.82, 2.24) is 4.98 Å². The molecule has 4 nitrogen and oxygen atoms in total. The number of benzene rings is 2. The zero-order chi connectivity index (χ0) is 17.8. The lowest BCUT2D eigenvalue weighted by Crippen LogP contribution is -2.01. The van der Waals surface area contributed by atoms with E-state index in [-0.39, 0.29) is 18.0 Å². The largest absolute Gasteiger partial charge is 0.478 e. The van der Waals surface area contributed by atoms with Crippen LogP contribution in [-0.2, 0) is 6.42 Å². The first-order valence-corrected chi connectivity index (χ1v) is 8.49. The summed E-state index contributed by atoms with van der Waals surface area (Å²) in [6.45, 7) is 3.92. The van der Waals surface area contributed by atoms with Crippen LogP contribution in [0.15, 0.2) is 48.5 Å². The van der Waals surface area contributed by atoms with Gasteiger partial charge in [0.25, 0.3) is 0 Å². The lowest BCUT2D eigenvalue weighted by atomic mass is 10.1. The van der Waals surface area contributed by atoms with Crippen LogP contribution in [0.25, 0.3) is 10.9 Å². The number of aromatic nitrogens is 1. The van der Waals surface area contributed by atoms with Crippen molar-refractivity contribution >= 4 is 29.3 Å². The van der Waals surface area contributed by atoms with Gasteiger partial charge in [-0.25, -0.2) is 4.79 Å². The van der Waals surface area contributed by atoms with Crippen LogP contribution in [0.3, 0.4) is 0 Å². The molecule has 0 bridgehead atoms. The first-order chi connectivity index (χ1) is 12.1. The molecule has 26 heavy (non-hydrogen) atoms. The third-order valence-electron chi connectivity index (χ3n) is 4.25. The normalized spacial score (nSPS) is 10.4. The molecule has 0 aliphatic heterocycles. The molecule has 1 aromatic heterocycles. The summed E-state index contributed by atoms with van der Waals surface area (Å²) in [4.78, 5) is 16.1. The number of carbonyl (C=O) groups is 1. The highest BCUT2D eigenvalue weighted by molar-refractivity contribution is 5.90. The van der Waals surface area contributed by atoms with Crippen molar-refractivity contribution in [2.24, 2.45) is 0 Å². The number of hydrogen-bond donors (Lipinski definition) is 1. The van der Waals surface area contributed by atoms with Gasteiger partial charge in [-0.3, -0.25) is 4.98 Å². The van der Waals surface area contributed by atoms with Crippen LogP contribution in [0.4, 0.5) is 0 Å². The second-order valence-corrected chi connectivity index (χ2v) is 6.07. The molecular weight excluding hydrogens is 350 g/mol. The Labute approximate surface area is 159 Å². The van der Waals surface area contributed by atoms with Gasteiger partial charge in [-0.05, 0) is 44.0 Å². The van der Waals surface area contributed by atoms with Crippen LogP contribution < -0.4 is 4.74 Å². The lowest BCUT2D eigenvalue weighted by molar-refractivity contribution is 0.0695. The molecule has 2 aromatic carbocycles. The number of rotatable bonds is 6. The molecule has 0 fully saturated rings. The predicted molar refractivity (Wildman–Crippen MR) is 106 cm³/mol. The first kappa shape index (κ1) is 19.7. The number of halogens is 1. The molecule has 3 rings (SSSR count). The van der Waals surface area contributed by atoms with E-state index >= 15 is 0 Å². The molecule has 5 heteroatoms. The molecule has 1 heterocycles. The third kappa shape index (κ3) is 4.14. The Bertz CT molecular complexity index is 924. The van der Waals surface area contributed by atoms with Gasteiger partial charge in [0.1, 0.15) is 11.5 Å². The fourth-order valence-electron chi connectivity index (χ4n) is 2.84. The van der Waals surface area contributed by atoms with Gasteiger partial charge in [0, 0.05) is 22.7 Å². The summed E-state index contributed by atoms with van der Waals surface area (Å²) in [6.07, 6.45) is 3.06. The Balaban J connectivity index is 0.00000243. The van der Waals surface area contributed by atoms with Crippen LogP contribution in [0.1, 0.15) is 41.4 Å². The van der Waals surface area contributed by atoms with Gasteiger partial charge in [0.05, 0.1) is 11.1 Å². The van der Waals surface area contributed by atoms with E-state index in [9.17, 15) is 9.90 Å². The van der Waals surface area contributed by atoms with Gasteiger partial charge in [-0.1, -0.05) is 31.5 Å². The van der Waals surface area contributed by atoms with E-state index in [0.717, 1.165) is 35.9 Å². The Morgan fingerprint density at radius 1 is 1.12 bits per heavy atom. The molecule has 0 radical (unpaired) electrons. The summed E-state index contributed by atoms with van der Waals surface area (Å²) >= 11 is 0. The van der Waals surface area contributed by atoms with E-state index in [1.54, 1.807) is 25.1 Å². The van der Waals surface area contributed by atoms with E-state index < -0.39 is 5.97 Å². The fraction of sp³-hybridized carbons (Fsp3) is 0.238. The molecule has 0 amide bonds. The minimum absolute atomic E-state index is 0. The number of fused-ring (bicyclic) bond motifs is 1. The van der Waals surface area contributed by atoms with E-state index in [1.165, 1.54) is 0 Å². The van der Waals surface area contributed by atoms with Gasteiger partial charge in [-0.2, -0.15) is 0 Å². The monoisotopic (exact) mass is 371 g/mol. The van der Waals surface area contributed by atoms with Crippen LogP contribution in [0.2, 0.25) is 0 Å². The number of pyridine rings is 1. The molecule has 0 atom stereocenters. The molecule has 0 unspecified atom stereocenters. The second-order valence-electron chi connectivity index (χ2n) is 6.07. The number of hydrogen-bond acceptors (Lipinski definition) is 3. The Hall–Kier alpha value is -2.59. The van der Waals surface area contributed by atoms with Crippen LogP contribution in [0.5, 0.6) is 11.5 Å². The van der Waals surface area contributed by atoms with Crippen molar-refractivity contribution in [3.63, 3.8) is 0 Å². The molecule has 136 valence electrons. The highest BCUT2D eigenvalue weighted by Crippen LogP contribution is 2.33. The quantitative estimate of drug-likeness (QED) is 0.595. The number of carboxylic acids is 1. The topological polar surface area (TPSA) is 59.4 Å². The zero-order valence-electron chi connectivity index (χ0n) is 14.9. The average Bonchev–Trinajstić information content (AvgIpc) is 2.61. The highest BCUT2D eigenvalue weighted by Gasteiger charge is 2.13. The molecular formula is C21H22ClNO3. The highest BCUT2D eigenvalue weighted by atomic mass is 35.5. The number of nitrogens with zero attached hydrogens (tertiary/aromatic N) is 1. The predicted octanol–water partition coefficient (Wildman–Crippen LogP) is 5.80. The van der Waals surface area contributed by atoms with Crippen LogP contribution in [-0.4, -0.2) is 16.1 Å². The smallest absolute Gasteiger partial charge is 0.336 e. The lowest BCUT2D eigenvalue weighted by Gasteiger charge is -2.14. The summed E-state index contributed by atoms with van der Waals surface area (Å²) < 4.78 is 6.13. The summed E-state index contributed by atoms with van der Waals surface area (Å²) in [5, 5.41) is 10.2.